The number of rotatable bonds is 2. The highest BCUT2D eigenvalue weighted by molar-refractivity contribution is 6.03. The smallest absolute Gasteiger partial charge is 0.0972 e. The van der Waals surface area contributed by atoms with Crippen LogP contribution in [0.25, 0.3) is 66.4 Å². The van der Waals surface area contributed by atoms with E-state index in [1.165, 1.54) is 77.9 Å². The molecule has 0 bridgehead atoms. The SMILES string of the molecule is c1ccc2c(c1)-c1ccccc1C21c2ccccc2C2(c3ccccc3-c3ccccc32)c2cc(-c3ccc(-c4ccc5ccc6cccnc6c5n4)cc3)ccc21. The molecule has 0 saturated carbocycles. The highest BCUT2D eigenvalue weighted by Crippen LogP contribution is 2.67. The minimum absolute atomic E-state index is 0.486. The summed E-state index contributed by atoms with van der Waals surface area (Å²) in [5.41, 5.74) is 21.3. The highest BCUT2D eigenvalue weighted by Gasteiger charge is 2.58. The normalized spacial score (nSPS) is 14.5. The lowest BCUT2D eigenvalue weighted by Crippen LogP contribution is -2.43. The quantitative estimate of drug-likeness (QED) is 0.165. The number of aromatic nitrogens is 2. The van der Waals surface area contributed by atoms with E-state index in [4.69, 9.17) is 9.97 Å². The maximum absolute atomic E-state index is 5.16. The second-order valence-electron chi connectivity index (χ2n) is 16.0. The summed E-state index contributed by atoms with van der Waals surface area (Å²) in [5, 5.41) is 2.19. The molecule has 13 rings (SSSR count). The van der Waals surface area contributed by atoms with Gasteiger partial charge in [-0.3, -0.25) is 4.98 Å². The van der Waals surface area contributed by atoms with Crippen molar-refractivity contribution in [3.8, 4) is 44.6 Å². The van der Waals surface area contributed by atoms with Crippen LogP contribution in [0, 0.1) is 0 Å². The number of pyridine rings is 2. The molecule has 0 unspecified atom stereocenters. The van der Waals surface area contributed by atoms with Crippen LogP contribution in [0.3, 0.4) is 0 Å². The summed E-state index contributed by atoms with van der Waals surface area (Å²) in [4.78, 5) is 9.86. The number of benzene rings is 8. The van der Waals surface area contributed by atoms with Crippen molar-refractivity contribution >= 4 is 21.8 Å². The number of fused-ring (bicyclic) bond motifs is 19. The monoisotopic (exact) mass is 734 g/mol. The molecular weight excluding hydrogens is 701 g/mol. The van der Waals surface area contributed by atoms with E-state index in [0.717, 1.165) is 33.1 Å². The molecule has 2 aromatic heterocycles. The summed E-state index contributed by atoms with van der Waals surface area (Å²) in [5.74, 6) is 0. The van der Waals surface area contributed by atoms with Gasteiger partial charge in [-0.05, 0) is 96.1 Å². The predicted octanol–water partition coefficient (Wildman–Crippen LogP) is 13.2. The zero-order valence-corrected chi connectivity index (χ0v) is 31.5. The van der Waals surface area contributed by atoms with E-state index >= 15 is 0 Å². The van der Waals surface area contributed by atoms with Crippen LogP contribution >= 0.6 is 0 Å². The first-order valence-corrected chi connectivity index (χ1v) is 20.2. The fourth-order valence-electron chi connectivity index (χ4n) is 11.1. The molecule has 2 nitrogen and oxygen atoms in total. The van der Waals surface area contributed by atoms with E-state index in [9.17, 15) is 0 Å². The lowest BCUT2D eigenvalue weighted by molar-refractivity contribution is 0.633. The third-order valence-electron chi connectivity index (χ3n) is 13.4. The molecule has 0 atom stereocenters. The summed E-state index contributed by atoms with van der Waals surface area (Å²) in [6.45, 7) is 0. The van der Waals surface area contributed by atoms with Gasteiger partial charge in [0.05, 0.1) is 27.6 Å². The van der Waals surface area contributed by atoms with Crippen LogP contribution < -0.4 is 0 Å². The van der Waals surface area contributed by atoms with Crippen molar-refractivity contribution in [2.75, 3.05) is 0 Å². The lowest BCUT2D eigenvalue weighted by atomic mass is 9.52. The Balaban J connectivity index is 1.07. The third-order valence-corrected chi connectivity index (χ3v) is 13.4. The molecule has 10 aromatic rings. The van der Waals surface area contributed by atoms with Gasteiger partial charge in [-0.1, -0.05) is 182 Å². The molecule has 0 saturated heterocycles. The first kappa shape index (κ1) is 31.7. The number of hydrogen-bond acceptors (Lipinski definition) is 2. The minimum Gasteiger partial charge on any atom is -0.254 e. The second-order valence-corrected chi connectivity index (χ2v) is 16.0. The summed E-state index contributed by atoms with van der Waals surface area (Å²) < 4.78 is 0. The fourth-order valence-corrected chi connectivity index (χ4v) is 11.1. The molecule has 0 amide bonds. The maximum atomic E-state index is 5.16. The van der Waals surface area contributed by atoms with E-state index in [2.05, 4.69) is 194 Å². The van der Waals surface area contributed by atoms with Crippen LogP contribution in [0.15, 0.2) is 206 Å². The first-order valence-electron chi connectivity index (χ1n) is 20.2. The van der Waals surface area contributed by atoms with Gasteiger partial charge in [-0.25, -0.2) is 4.98 Å². The van der Waals surface area contributed by atoms with E-state index in [1.54, 1.807) is 0 Å². The Morgan fingerprint density at radius 3 is 1.29 bits per heavy atom. The van der Waals surface area contributed by atoms with Crippen LogP contribution in [0.5, 0.6) is 0 Å². The van der Waals surface area contributed by atoms with Crippen LogP contribution in [-0.2, 0) is 10.8 Å². The van der Waals surface area contributed by atoms with Gasteiger partial charge in [0.1, 0.15) is 0 Å². The van der Waals surface area contributed by atoms with Gasteiger partial charge >= 0.3 is 0 Å². The zero-order valence-electron chi connectivity index (χ0n) is 31.5. The Labute approximate surface area is 336 Å². The highest BCUT2D eigenvalue weighted by atomic mass is 14.8. The molecule has 2 heteroatoms. The fraction of sp³-hybridized carbons (Fsp3) is 0.0357. The summed E-state index contributed by atoms with van der Waals surface area (Å²) in [6, 6.07) is 74.7. The van der Waals surface area contributed by atoms with Gasteiger partial charge < -0.3 is 0 Å². The van der Waals surface area contributed by atoms with Gasteiger partial charge in [0.15, 0.2) is 0 Å². The molecule has 0 radical (unpaired) electrons. The van der Waals surface area contributed by atoms with Crippen molar-refractivity contribution in [2.45, 2.75) is 10.8 Å². The average molecular weight is 735 g/mol. The molecule has 2 spiro atoms. The molecular formula is C56H34N2. The van der Waals surface area contributed by atoms with E-state index in [0.29, 0.717) is 0 Å². The molecule has 8 aromatic carbocycles. The van der Waals surface area contributed by atoms with Gasteiger partial charge in [0.25, 0.3) is 0 Å². The Morgan fingerprint density at radius 1 is 0.293 bits per heavy atom. The number of nitrogens with zero attached hydrogens (tertiary/aromatic N) is 2. The van der Waals surface area contributed by atoms with Gasteiger partial charge in [-0.2, -0.15) is 0 Å². The van der Waals surface area contributed by atoms with Crippen molar-refractivity contribution in [3.05, 3.63) is 251 Å². The minimum atomic E-state index is -0.515. The van der Waals surface area contributed by atoms with Crippen molar-refractivity contribution in [1.82, 2.24) is 9.97 Å². The molecule has 0 aliphatic heterocycles. The average Bonchev–Trinajstić information content (AvgIpc) is 3.77. The number of hydrogen-bond donors (Lipinski definition) is 0. The van der Waals surface area contributed by atoms with E-state index in [1.807, 2.05) is 12.3 Å². The van der Waals surface area contributed by atoms with Crippen molar-refractivity contribution < 1.29 is 0 Å². The zero-order chi connectivity index (χ0) is 38.0. The summed E-state index contributed by atoms with van der Waals surface area (Å²) in [7, 11) is 0. The van der Waals surface area contributed by atoms with Crippen LogP contribution in [-0.4, -0.2) is 9.97 Å². The molecule has 3 aliphatic carbocycles. The molecule has 0 fully saturated rings. The van der Waals surface area contributed by atoms with Crippen LogP contribution in [0.2, 0.25) is 0 Å². The third kappa shape index (κ3) is 3.92. The molecule has 2 heterocycles. The predicted molar refractivity (Wildman–Crippen MR) is 236 cm³/mol. The molecule has 0 N–H and O–H groups in total. The van der Waals surface area contributed by atoms with E-state index in [-0.39, 0.29) is 0 Å². The van der Waals surface area contributed by atoms with Gasteiger partial charge in [0.2, 0.25) is 0 Å². The Hall–Kier alpha value is -7.42. The maximum Gasteiger partial charge on any atom is 0.0972 e. The Bertz CT molecular complexity index is 3260. The van der Waals surface area contributed by atoms with Gasteiger partial charge in [0, 0.05) is 22.5 Å². The standard InChI is InChI=1S/C56H34N2/c1-5-17-44-40(13-1)41-14-2-6-18-45(41)55(44)48-21-9-10-22-49(48)56(46-19-7-3-15-42(46)43-16-4-8-20-47(43)56)51-34-39(29-31-50(51)55)35-23-25-36(26-24-35)52-32-30-38-28-27-37-12-11-33-57-53(37)54(38)58-52/h1-34H. The summed E-state index contributed by atoms with van der Waals surface area (Å²) in [6.07, 6.45) is 1.85. The topological polar surface area (TPSA) is 25.8 Å². The largest absolute Gasteiger partial charge is 0.254 e. The second kappa shape index (κ2) is 11.6. The summed E-state index contributed by atoms with van der Waals surface area (Å²) >= 11 is 0. The van der Waals surface area contributed by atoms with Crippen LogP contribution in [0.1, 0.15) is 44.5 Å². The van der Waals surface area contributed by atoms with Crippen LogP contribution in [0.4, 0.5) is 0 Å². The van der Waals surface area contributed by atoms with Gasteiger partial charge in [-0.15, -0.1) is 0 Å². The Kier molecular flexibility index (Phi) is 6.33. The lowest BCUT2D eigenvalue weighted by Gasteiger charge is -2.49. The molecule has 268 valence electrons. The first-order chi connectivity index (χ1) is 28.8. The van der Waals surface area contributed by atoms with Crippen molar-refractivity contribution in [1.29, 1.82) is 0 Å². The Morgan fingerprint density at radius 2 is 0.724 bits per heavy atom. The van der Waals surface area contributed by atoms with E-state index < -0.39 is 10.8 Å². The van der Waals surface area contributed by atoms with Crippen molar-refractivity contribution in [2.24, 2.45) is 0 Å². The molecule has 3 aliphatic rings. The molecule has 58 heavy (non-hydrogen) atoms. The van der Waals surface area contributed by atoms with Crippen molar-refractivity contribution in [3.63, 3.8) is 0 Å².